The van der Waals surface area contributed by atoms with Crippen LogP contribution in [0.5, 0.6) is 23.0 Å². The fourth-order valence-corrected chi connectivity index (χ4v) is 2.50. The number of carboxylic acids is 1. The lowest BCUT2D eigenvalue weighted by Crippen LogP contribution is -2.09. The van der Waals surface area contributed by atoms with E-state index in [-0.39, 0.29) is 11.5 Å². The number of hydrogen-bond acceptors (Lipinski definition) is 6. The van der Waals surface area contributed by atoms with Crippen LogP contribution in [0.25, 0.3) is 6.08 Å². The zero-order chi connectivity index (χ0) is 18.7. The summed E-state index contributed by atoms with van der Waals surface area (Å²) in [6.45, 7) is -0.471. The summed E-state index contributed by atoms with van der Waals surface area (Å²) < 4.78 is 21.1. The highest BCUT2D eigenvalue weighted by Crippen LogP contribution is 2.35. The normalized spacial score (nSPS) is 13.9. The molecule has 26 heavy (non-hydrogen) atoms. The minimum atomic E-state index is -1.09. The number of carbonyl (C=O) groups is 2. The summed E-state index contributed by atoms with van der Waals surface area (Å²) in [5, 5.41) is 8.66. The van der Waals surface area contributed by atoms with Gasteiger partial charge in [0.25, 0.3) is 0 Å². The first-order chi connectivity index (χ1) is 12.5. The van der Waals surface area contributed by atoms with Crippen LogP contribution in [0.1, 0.15) is 15.9 Å². The number of methoxy groups -OCH3 is 2. The lowest BCUT2D eigenvalue weighted by atomic mass is 10.1. The molecule has 2 aromatic carbocycles. The third-order valence-electron chi connectivity index (χ3n) is 3.71. The van der Waals surface area contributed by atoms with Crippen molar-refractivity contribution in [1.29, 1.82) is 0 Å². The van der Waals surface area contributed by atoms with E-state index in [2.05, 4.69) is 0 Å². The number of ketones is 1. The molecule has 7 heteroatoms. The minimum Gasteiger partial charge on any atom is -0.493 e. The molecule has 0 amide bonds. The summed E-state index contributed by atoms with van der Waals surface area (Å²) >= 11 is 0. The molecule has 0 fully saturated rings. The lowest BCUT2D eigenvalue weighted by Gasteiger charge is -2.08. The average molecular weight is 356 g/mol. The second-order valence-electron chi connectivity index (χ2n) is 5.39. The quantitative estimate of drug-likeness (QED) is 0.796. The molecule has 1 aliphatic heterocycles. The zero-order valence-corrected chi connectivity index (χ0v) is 14.1. The second kappa shape index (κ2) is 7.18. The average Bonchev–Trinajstić information content (AvgIpc) is 2.95. The first kappa shape index (κ1) is 17.3. The number of carboxylic acid groups (broad SMARTS) is 1. The molecule has 0 saturated carbocycles. The van der Waals surface area contributed by atoms with Gasteiger partial charge in [-0.1, -0.05) is 6.07 Å². The lowest BCUT2D eigenvalue weighted by molar-refractivity contribution is -0.139. The van der Waals surface area contributed by atoms with E-state index in [4.69, 9.17) is 24.1 Å². The van der Waals surface area contributed by atoms with Crippen molar-refractivity contribution in [1.82, 2.24) is 0 Å². The summed E-state index contributed by atoms with van der Waals surface area (Å²) in [5.41, 5.74) is 1.10. The molecule has 7 nitrogen and oxygen atoms in total. The molecule has 0 aliphatic carbocycles. The number of Topliss-reactive ketones (excluding diaryl/α,β-unsaturated/α-hetero) is 1. The summed E-state index contributed by atoms with van der Waals surface area (Å²) in [5.74, 6) is 0.556. The Balaban J connectivity index is 1.85. The van der Waals surface area contributed by atoms with Crippen LogP contribution in [0.2, 0.25) is 0 Å². The van der Waals surface area contributed by atoms with Gasteiger partial charge in [0.05, 0.1) is 19.8 Å². The SMILES string of the molecule is COc1ccc(/C=C2/Oc3cc(OCC(=O)O)ccc3C2=O)cc1OC. The van der Waals surface area contributed by atoms with Gasteiger partial charge >= 0.3 is 5.97 Å². The van der Waals surface area contributed by atoms with Crippen LogP contribution in [-0.2, 0) is 4.79 Å². The molecule has 0 aromatic heterocycles. The number of fused-ring (bicyclic) bond motifs is 1. The van der Waals surface area contributed by atoms with Crippen molar-refractivity contribution < 1.29 is 33.6 Å². The van der Waals surface area contributed by atoms with Gasteiger partial charge in [0.1, 0.15) is 11.5 Å². The van der Waals surface area contributed by atoms with Gasteiger partial charge in [0, 0.05) is 6.07 Å². The molecule has 0 bridgehead atoms. The van der Waals surface area contributed by atoms with Crippen molar-refractivity contribution in [3.05, 3.63) is 53.3 Å². The van der Waals surface area contributed by atoms with Crippen molar-refractivity contribution in [2.45, 2.75) is 0 Å². The van der Waals surface area contributed by atoms with Gasteiger partial charge in [0.2, 0.25) is 5.78 Å². The van der Waals surface area contributed by atoms with Gasteiger partial charge in [-0.05, 0) is 35.9 Å². The molecule has 0 spiro atoms. The summed E-state index contributed by atoms with van der Waals surface area (Å²) in [6.07, 6.45) is 1.60. The molecule has 3 rings (SSSR count). The van der Waals surface area contributed by atoms with E-state index in [9.17, 15) is 9.59 Å². The summed E-state index contributed by atoms with van der Waals surface area (Å²) in [7, 11) is 3.07. The zero-order valence-electron chi connectivity index (χ0n) is 14.1. The number of hydrogen-bond donors (Lipinski definition) is 1. The Morgan fingerprint density at radius 1 is 1.12 bits per heavy atom. The highest BCUT2D eigenvalue weighted by molar-refractivity contribution is 6.14. The maximum Gasteiger partial charge on any atom is 0.341 e. The number of benzene rings is 2. The Morgan fingerprint density at radius 3 is 2.58 bits per heavy atom. The van der Waals surface area contributed by atoms with Gasteiger partial charge in [-0.3, -0.25) is 4.79 Å². The smallest absolute Gasteiger partial charge is 0.341 e. The largest absolute Gasteiger partial charge is 0.493 e. The van der Waals surface area contributed by atoms with E-state index in [1.54, 1.807) is 37.5 Å². The van der Waals surface area contributed by atoms with Crippen LogP contribution in [0, 0.1) is 0 Å². The van der Waals surface area contributed by atoms with E-state index in [1.807, 2.05) is 0 Å². The first-order valence-electron chi connectivity index (χ1n) is 7.66. The number of carbonyl (C=O) groups excluding carboxylic acids is 1. The second-order valence-corrected chi connectivity index (χ2v) is 5.39. The maximum atomic E-state index is 12.5. The highest BCUT2D eigenvalue weighted by Gasteiger charge is 2.28. The Kier molecular flexibility index (Phi) is 4.79. The third-order valence-corrected chi connectivity index (χ3v) is 3.71. The van der Waals surface area contributed by atoms with E-state index in [0.29, 0.717) is 34.1 Å². The highest BCUT2D eigenvalue weighted by atomic mass is 16.5. The molecular formula is C19H16O7. The summed E-state index contributed by atoms with van der Waals surface area (Å²) in [4.78, 5) is 23.0. The van der Waals surface area contributed by atoms with E-state index < -0.39 is 12.6 Å². The molecule has 134 valence electrons. The van der Waals surface area contributed by atoms with E-state index in [0.717, 1.165) is 0 Å². The monoisotopic (exact) mass is 356 g/mol. The van der Waals surface area contributed by atoms with Crippen molar-refractivity contribution in [2.75, 3.05) is 20.8 Å². The predicted molar refractivity (Wildman–Crippen MR) is 92.1 cm³/mol. The minimum absolute atomic E-state index is 0.155. The fraction of sp³-hybridized carbons (Fsp3) is 0.158. The molecular weight excluding hydrogens is 340 g/mol. The predicted octanol–water partition coefficient (Wildman–Crippen LogP) is 2.78. The first-order valence-corrected chi connectivity index (χ1v) is 7.66. The molecule has 1 heterocycles. The Bertz CT molecular complexity index is 899. The van der Waals surface area contributed by atoms with Crippen molar-refractivity contribution in [3.63, 3.8) is 0 Å². The van der Waals surface area contributed by atoms with Crippen LogP contribution in [-0.4, -0.2) is 37.7 Å². The Morgan fingerprint density at radius 2 is 1.88 bits per heavy atom. The van der Waals surface area contributed by atoms with Gasteiger partial charge in [-0.25, -0.2) is 4.79 Å². The molecule has 0 atom stereocenters. The number of rotatable bonds is 6. The van der Waals surface area contributed by atoms with Crippen molar-refractivity contribution >= 4 is 17.8 Å². The van der Waals surface area contributed by atoms with E-state index in [1.165, 1.54) is 19.2 Å². The van der Waals surface area contributed by atoms with Crippen LogP contribution in [0.3, 0.4) is 0 Å². The molecule has 1 aliphatic rings. The number of allylic oxidation sites excluding steroid dienone is 1. The maximum absolute atomic E-state index is 12.5. The number of aliphatic carboxylic acids is 1. The molecule has 0 unspecified atom stereocenters. The Labute approximate surface area is 149 Å². The van der Waals surface area contributed by atoms with E-state index >= 15 is 0 Å². The third kappa shape index (κ3) is 3.46. The van der Waals surface area contributed by atoms with Crippen LogP contribution >= 0.6 is 0 Å². The van der Waals surface area contributed by atoms with Crippen LogP contribution in [0.4, 0.5) is 0 Å². The van der Waals surface area contributed by atoms with Crippen LogP contribution < -0.4 is 18.9 Å². The topological polar surface area (TPSA) is 91.3 Å². The van der Waals surface area contributed by atoms with Gasteiger partial charge in [-0.15, -0.1) is 0 Å². The van der Waals surface area contributed by atoms with Gasteiger partial charge < -0.3 is 24.1 Å². The molecule has 0 radical (unpaired) electrons. The number of ether oxygens (including phenoxy) is 4. The fourth-order valence-electron chi connectivity index (χ4n) is 2.50. The molecule has 1 N–H and O–H groups in total. The van der Waals surface area contributed by atoms with Crippen molar-refractivity contribution in [2.24, 2.45) is 0 Å². The van der Waals surface area contributed by atoms with Crippen molar-refractivity contribution in [3.8, 4) is 23.0 Å². The molecule has 0 saturated heterocycles. The van der Waals surface area contributed by atoms with Gasteiger partial charge in [0.15, 0.2) is 23.9 Å². The Hall–Kier alpha value is -3.48. The van der Waals surface area contributed by atoms with Gasteiger partial charge in [-0.2, -0.15) is 0 Å². The molecule has 2 aromatic rings. The van der Waals surface area contributed by atoms with Crippen LogP contribution in [0.15, 0.2) is 42.2 Å². The summed E-state index contributed by atoms with van der Waals surface area (Å²) in [6, 6.07) is 9.80. The standard InChI is InChI=1S/C19H16O7/c1-23-14-6-3-11(7-16(14)24-2)8-17-19(22)13-5-4-12(9-15(13)26-17)25-10-18(20)21/h3-9H,10H2,1-2H3,(H,20,21)/b17-8+.